The monoisotopic (exact) mass is 338 g/mol. The zero-order valence-electron chi connectivity index (χ0n) is 14.8. The van der Waals surface area contributed by atoms with E-state index in [1.807, 2.05) is 31.3 Å². The van der Waals surface area contributed by atoms with E-state index < -0.39 is 0 Å². The lowest BCUT2D eigenvalue weighted by Gasteiger charge is -2.36. The first-order valence-corrected chi connectivity index (χ1v) is 8.45. The zero-order valence-corrected chi connectivity index (χ0v) is 14.8. The second kappa shape index (κ2) is 6.37. The number of hydrogen-bond acceptors (Lipinski definition) is 5. The van der Waals surface area contributed by atoms with Crippen molar-refractivity contribution in [1.29, 1.82) is 0 Å². The molecule has 0 spiro atoms. The normalized spacial score (nSPS) is 17.5. The Morgan fingerprint density at radius 1 is 1.24 bits per heavy atom. The molecule has 25 heavy (non-hydrogen) atoms. The second-order valence-corrected chi connectivity index (χ2v) is 6.55. The van der Waals surface area contributed by atoms with Gasteiger partial charge in [0, 0.05) is 31.0 Å². The summed E-state index contributed by atoms with van der Waals surface area (Å²) in [6.45, 7) is 6.43. The highest BCUT2D eigenvalue weighted by molar-refractivity contribution is 5.30. The summed E-state index contributed by atoms with van der Waals surface area (Å²) in [5, 5.41) is 4.16. The fraction of sp³-hybridized carbons (Fsp3) is 0.368. The van der Waals surface area contributed by atoms with Crippen molar-refractivity contribution in [3.8, 4) is 5.75 Å². The Kier molecular flexibility index (Phi) is 4.05. The van der Waals surface area contributed by atoms with Gasteiger partial charge in [-0.3, -0.25) is 4.90 Å². The Bertz CT molecular complexity index is 866. The molecule has 130 valence electrons. The van der Waals surface area contributed by atoms with E-state index in [-0.39, 0.29) is 6.04 Å². The van der Waals surface area contributed by atoms with Crippen LogP contribution in [0.15, 0.2) is 41.1 Å². The van der Waals surface area contributed by atoms with Gasteiger partial charge in [-0.05, 0) is 31.5 Å². The van der Waals surface area contributed by atoms with Crippen molar-refractivity contribution in [3.05, 3.63) is 65.1 Å². The maximum atomic E-state index is 5.29. The molecule has 0 bridgehead atoms. The number of aromatic nitrogens is 3. The molecule has 6 heteroatoms. The van der Waals surface area contributed by atoms with Crippen LogP contribution in [0, 0.1) is 13.8 Å². The number of rotatable bonds is 4. The average molecular weight is 338 g/mol. The molecule has 1 atom stereocenters. The van der Waals surface area contributed by atoms with Crippen LogP contribution >= 0.6 is 0 Å². The van der Waals surface area contributed by atoms with E-state index in [9.17, 15) is 0 Å². The maximum Gasteiger partial charge on any atom is 0.133 e. The Balaban J connectivity index is 1.67. The van der Waals surface area contributed by atoms with Crippen LogP contribution in [0.25, 0.3) is 0 Å². The van der Waals surface area contributed by atoms with E-state index >= 15 is 0 Å². The van der Waals surface area contributed by atoms with Crippen molar-refractivity contribution in [1.82, 2.24) is 19.6 Å². The summed E-state index contributed by atoms with van der Waals surface area (Å²) in [4.78, 5) is 6.97. The van der Waals surface area contributed by atoms with E-state index in [1.165, 1.54) is 11.3 Å². The summed E-state index contributed by atoms with van der Waals surface area (Å²) in [5.74, 6) is 2.81. The first kappa shape index (κ1) is 15.9. The van der Waals surface area contributed by atoms with Crippen LogP contribution in [0.5, 0.6) is 5.75 Å². The Morgan fingerprint density at radius 2 is 2.04 bits per heavy atom. The minimum atomic E-state index is 0.253. The van der Waals surface area contributed by atoms with Crippen LogP contribution in [-0.4, -0.2) is 26.7 Å². The maximum absolute atomic E-state index is 5.29. The minimum absolute atomic E-state index is 0.253. The van der Waals surface area contributed by atoms with Crippen LogP contribution in [-0.2, 0) is 19.6 Å². The lowest BCUT2D eigenvalue weighted by atomic mass is 10.0. The van der Waals surface area contributed by atoms with Gasteiger partial charge in [0.15, 0.2) is 0 Å². The topological polar surface area (TPSA) is 56.3 Å². The Labute approximate surface area is 147 Å². The molecule has 4 rings (SSSR count). The first-order valence-electron chi connectivity index (χ1n) is 8.45. The van der Waals surface area contributed by atoms with Gasteiger partial charge in [0.25, 0.3) is 0 Å². The van der Waals surface area contributed by atoms with Gasteiger partial charge in [0.2, 0.25) is 0 Å². The molecule has 3 heterocycles. The quantitative estimate of drug-likeness (QED) is 0.731. The Morgan fingerprint density at radius 3 is 2.72 bits per heavy atom. The molecule has 0 fully saturated rings. The van der Waals surface area contributed by atoms with Crippen molar-refractivity contribution in [3.63, 3.8) is 0 Å². The number of ether oxygens (including phenoxy) is 1. The predicted octanol–water partition coefficient (Wildman–Crippen LogP) is 3.25. The third-order valence-corrected chi connectivity index (χ3v) is 4.82. The molecule has 3 aromatic rings. The summed E-state index contributed by atoms with van der Waals surface area (Å²) < 4.78 is 12.8. The minimum Gasteiger partial charge on any atom is -0.497 e. The predicted molar refractivity (Wildman–Crippen MR) is 93.2 cm³/mol. The summed E-state index contributed by atoms with van der Waals surface area (Å²) in [6.07, 6.45) is 1.95. The fourth-order valence-electron chi connectivity index (χ4n) is 3.48. The molecule has 6 nitrogen and oxygen atoms in total. The van der Waals surface area contributed by atoms with Gasteiger partial charge in [0.05, 0.1) is 25.4 Å². The summed E-state index contributed by atoms with van der Waals surface area (Å²) in [6, 6.07) is 10.6. The lowest BCUT2D eigenvalue weighted by Crippen LogP contribution is -2.37. The Hall–Kier alpha value is -2.60. The van der Waals surface area contributed by atoms with Gasteiger partial charge < -0.3 is 13.8 Å². The van der Waals surface area contributed by atoms with Crippen molar-refractivity contribution < 1.29 is 9.26 Å². The van der Waals surface area contributed by atoms with E-state index in [0.717, 1.165) is 42.7 Å². The van der Waals surface area contributed by atoms with Gasteiger partial charge in [-0.15, -0.1) is 0 Å². The van der Waals surface area contributed by atoms with E-state index in [0.29, 0.717) is 0 Å². The van der Waals surface area contributed by atoms with Crippen LogP contribution < -0.4 is 4.74 Å². The van der Waals surface area contributed by atoms with Crippen molar-refractivity contribution in [2.24, 2.45) is 0 Å². The SMILES string of the molecule is COc1ccc(C2Cn3c(C)cnc3CN2Cc2cc(C)on2)cc1. The van der Waals surface area contributed by atoms with Gasteiger partial charge >= 0.3 is 0 Å². The molecular formula is C19H22N4O2. The summed E-state index contributed by atoms with van der Waals surface area (Å²) in [7, 11) is 1.69. The standard InChI is InChI=1S/C19H22N4O2/c1-13-9-20-19-12-22(10-16-8-14(2)25-21-16)18(11-23(13)19)15-4-6-17(24-3)7-5-15/h4-9,18H,10-12H2,1-3H3. The lowest BCUT2D eigenvalue weighted by molar-refractivity contribution is 0.124. The van der Waals surface area contributed by atoms with Crippen LogP contribution in [0.1, 0.15) is 34.6 Å². The fourth-order valence-corrected chi connectivity index (χ4v) is 3.48. The van der Waals surface area contributed by atoms with Crippen LogP contribution in [0.3, 0.4) is 0 Å². The third-order valence-electron chi connectivity index (χ3n) is 4.82. The number of hydrogen-bond donors (Lipinski definition) is 0. The number of methoxy groups -OCH3 is 1. The molecule has 1 aliphatic rings. The van der Waals surface area contributed by atoms with Gasteiger partial charge in [-0.2, -0.15) is 0 Å². The molecule has 0 radical (unpaired) electrons. The molecule has 0 amide bonds. The largest absolute Gasteiger partial charge is 0.497 e. The number of aryl methyl sites for hydroxylation is 2. The molecule has 0 aliphatic carbocycles. The number of imidazole rings is 1. The number of benzene rings is 1. The highest BCUT2D eigenvalue weighted by atomic mass is 16.5. The third kappa shape index (κ3) is 3.05. The highest BCUT2D eigenvalue weighted by Gasteiger charge is 2.29. The van der Waals surface area contributed by atoms with Crippen molar-refractivity contribution >= 4 is 0 Å². The summed E-state index contributed by atoms with van der Waals surface area (Å²) in [5.41, 5.74) is 3.41. The van der Waals surface area contributed by atoms with Crippen LogP contribution in [0.2, 0.25) is 0 Å². The van der Waals surface area contributed by atoms with E-state index in [2.05, 4.69) is 38.7 Å². The smallest absolute Gasteiger partial charge is 0.133 e. The molecule has 0 saturated heterocycles. The zero-order chi connectivity index (χ0) is 17.4. The molecule has 1 aliphatic heterocycles. The molecule has 2 aromatic heterocycles. The van der Waals surface area contributed by atoms with E-state index in [1.54, 1.807) is 7.11 Å². The number of nitrogens with zero attached hydrogens (tertiary/aromatic N) is 4. The highest BCUT2D eigenvalue weighted by Crippen LogP contribution is 2.32. The molecule has 1 unspecified atom stereocenters. The van der Waals surface area contributed by atoms with Crippen molar-refractivity contribution in [2.45, 2.75) is 39.5 Å². The molecule has 1 aromatic carbocycles. The average Bonchev–Trinajstić information content (AvgIpc) is 3.20. The van der Waals surface area contributed by atoms with Gasteiger partial charge in [0.1, 0.15) is 17.3 Å². The summed E-state index contributed by atoms with van der Waals surface area (Å²) >= 11 is 0. The van der Waals surface area contributed by atoms with Gasteiger partial charge in [-0.1, -0.05) is 17.3 Å². The second-order valence-electron chi connectivity index (χ2n) is 6.55. The first-order chi connectivity index (χ1) is 12.1. The van der Waals surface area contributed by atoms with E-state index in [4.69, 9.17) is 9.26 Å². The van der Waals surface area contributed by atoms with Gasteiger partial charge in [-0.25, -0.2) is 4.98 Å². The van der Waals surface area contributed by atoms with Crippen molar-refractivity contribution in [2.75, 3.05) is 7.11 Å². The molecule has 0 saturated carbocycles. The molecular weight excluding hydrogens is 316 g/mol. The number of fused-ring (bicyclic) bond motifs is 1. The molecule has 0 N–H and O–H groups in total. The van der Waals surface area contributed by atoms with Crippen LogP contribution in [0.4, 0.5) is 0 Å².